The number of carboxylic acids is 1. The minimum Gasteiger partial charge on any atom is -0.491 e. The molecule has 1 atom stereocenters. The summed E-state index contributed by atoms with van der Waals surface area (Å²) in [5.41, 5.74) is 0. The van der Waals surface area contributed by atoms with E-state index in [0.29, 0.717) is 25.8 Å². The summed E-state index contributed by atoms with van der Waals surface area (Å²) < 4.78 is 31.2. The lowest BCUT2D eigenvalue weighted by Crippen LogP contribution is -2.40. The molecule has 0 aliphatic carbocycles. The van der Waals surface area contributed by atoms with Crippen molar-refractivity contribution in [1.29, 1.82) is 0 Å². The number of benzene rings is 1. The highest BCUT2D eigenvalue weighted by Gasteiger charge is 2.33. The number of amides is 1. The zero-order valence-corrected chi connectivity index (χ0v) is 11.9. The first-order valence-electron chi connectivity index (χ1n) is 7.09. The molecule has 1 aliphatic heterocycles. The first-order chi connectivity index (χ1) is 10.5. The van der Waals surface area contributed by atoms with Gasteiger partial charge in [0.25, 0.3) is 0 Å². The van der Waals surface area contributed by atoms with Crippen LogP contribution in [-0.4, -0.2) is 41.1 Å². The molecule has 1 N–H and O–H groups in total. The molecular formula is C15H17F2NO4. The Balaban J connectivity index is 1.76. The molecule has 1 amide bonds. The van der Waals surface area contributed by atoms with E-state index in [-0.39, 0.29) is 24.7 Å². The van der Waals surface area contributed by atoms with Gasteiger partial charge in [-0.3, -0.25) is 4.79 Å². The molecule has 1 saturated heterocycles. The summed E-state index contributed by atoms with van der Waals surface area (Å²) in [5, 5.41) is 9.01. The molecule has 5 nitrogen and oxygen atoms in total. The number of nitrogens with zero attached hydrogens (tertiary/aromatic N) is 1. The predicted molar refractivity (Wildman–Crippen MR) is 73.5 cm³/mol. The van der Waals surface area contributed by atoms with E-state index >= 15 is 0 Å². The van der Waals surface area contributed by atoms with Crippen molar-refractivity contribution in [3.8, 4) is 5.75 Å². The second-order valence-corrected chi connectivity index (χ2v) is 5.11. The summed E-state index contributed by atoms with van der Waals surface area (Å²) in [6.07, 6.45) is 1.61. The summed E-state index contributed by atoms with van der Waals surface area (Å²) in [4.78, 5) is 24.3. The Morgan fingerprint density at radius 1 is 1.36 bits per heavy atom. The summed E-state index contributed by atoms with van der Waals surface area (Å²) in [7, 11) is 0. The SMILES string of the molecule is O=C(O)[C@H]1CCCN1C(=O)CCCOc1ccc(F)cc1F. The van der Waals surface area contributed by atoms with Crippen LogP contribution in [0.2, 0.25) is 0 Å². The number of hydrogen-bond acceptors (Lipinski definition) is 3. The van der Waals surface area contributed by atoms with Crippen molar-refractivity contribution in [3.63, 3.8) is 0 Å². The maximum Gasteiger partial charge on any atom is 0.326 e. The summed E-state index contributed by atoms with van der Waals surface area (Å²) >= 11 is 0. The number of likely N-dealkylation sites (tertiary alicyclic amines) is 1. The van der Waals surface area contributed by atoms with Crippen molar-refractivity contribution >= 4 is 11.9 Å². The van der Waals surface area contributed by atoms with Gasteiger partial charge >= 0.3 is 5.97 Å². The van der Waals surface area contributed by atoms with Crippen LogP contribution in [-0.2, 0) is 9.59 Å². The third-order valence-electron chi connectivity index (χ3n) is 3.54. The minimum atomic E-state index is -0.990. The molecule has 1 aromatic carbocycles. The number of ether oxygens (including phenoxy) is 1. The Morgan fingerprint density at radius 3 is 2.82 bits per heavy atom. The maximum atomic E-state index is 13.3. The Morgan fingerprint density at radius 2 is 2.14 bits per heavy atom. The molecule has 120 valence electrons. The highest BCUT2D eigenvalue weighted by atomic mass is 19.1. The third kappa shape index (κ3) is 3.93. The Bertz CT molecular complexity index is 564. The quantitative estimate of drug-likeness (QED) is 0.818. The van der Waals surface area contributed by atoms with Gasteiger partial charge < -0.3 is 14.7 Å². The summed E-state index contributed by atoms with van der Waals surface area (Å²) in [5.74, 6) is -2.78. The number of hydrogen-bond donors (Lipinski definition) is 1. The lowest BCUT2D eigenvalue weighted by Gasteiger charge is -2.21. The van der Waals surface area contributed by atoms with Crippen molar-refractivity contribution in [2.75, 3.05) is 13.2 Å². The van der Waals surface area contributed by atoms with Gasteiger partial charge in [-0.05, 0) is 31.4 Å². The van der Waals surface area contributed by atoms with Crippen LogP contribution >= 0.6 is 0 Å². The lowest BCUT2D eigenvalue weighted by molar-refractivity contribution is -0.148. The molecule has 7 heteroatoms. The maximum absolute atomic E-state index is 13.3. The first kappa shape index (κ1) is 16.2. The van der Waals surface area contributed by atoms with Crippen LogP contribution in [0.15, 0.2) is 18.2 Å². The number of carboxylic acid groups (broad SMARTS) is 1. The van der Waals surface area contributed by atoms with Crippen LogP contribution < -0.4 is 4.74 Å². The Labute approximate surface area is 126 Å². The van der Waals surface area contributed by atoms with Crippen LogP contribution in [0.4, 0.5) is 8.78 Å². The average Bonchev–Trinajstić information content (AvgIpc) is 2.95. The molecule has 0 aromatic heterocycles. The fourth-order valence-corrected chi connectivity index (χ4v) is 2.46. The van der Waals surface area contributed by atoms with E-state index in [4.69, 9.17) is 9.84 Å². The molecule has 1 aromatic rings. The third-order valence-corrected chi connectivity index (χ3v) is 3.54. The van der Waals surface area contributed by atoms with Crippen LogP contribution in [0.25, 0.3) is 0 Å². The Kier molecular flexibility index (Phi) is 5.30. The van der Waals surface area contributed by atoms with Gasteiger partial charge in [-0.2, -0.15) is 0 Å². The summed E-state index contributed by atoms with van der Waals surface area (Å²) in [6, 6.07) is 2.25. The molecule has 0 saturated carbocycles. The van der Waals surface area contributed by atoms with Crippen LogP contribution in [0.1, 0.15) is 25.7 Å². The van der Waals surface area contributed by atoms with Gasteiger partial charge in [0.2, 0.25) is 5.91 Å². The van der Waals surface area contributed by atoms with Crippen molar-refractivity contribution in [1.82, 2.24) is 4.90 Å². The lowest BCUT2D eigenvalue weighted by atomic mass is 10.2. The van der Waals surface area contributed by atoms with E-state index in [1.807, 2.05) is 0 Å². The van der Waals surface area contributed by atoms with Gasteiger partial charge in [0.1, 0.15) is 11.9 Å². The van der Waals surface area contributed by atoms with E-state index in [9.17, 15) is 18.4 Å². The van der Waals surface area contributed by atoms with E-state index in [1.165, 1.54) is 11.0 Å². The second kappa shape index (κ2) is 7.20. The van der Waals surface area contributed by atoms with Crippen molar-refractivity contribution in [2.45, 2.75) is 31.7 Å². The van der Waals surface area contributed by atoms with Crippen molar-refractivity contribution < 1.29 is 28.2 Å². The van der Waals surface area contributed by atoms with E-state index in [0.717, 1.165) is 12.1 Å². The van der Waals surface area contributed by atoms with Gasteiger partial charge in [0.15, 0.2) is 11.6 Å². The van der Waals surface area contributed by atoms with Gasteiger partial charge in [0, 0.05) is 19.0 Å². The number of halogens is 2. The number of rotatable bonds is 6. The highest BCUT2D eigenvalue weighted by molar-refractivity contribution is 5.84. The van der Waals surface area contributed by atoms with Crippen LogP contribution in [0.5, 0.6) is 5.75 Å². The number of carbonyl (C=O) groups is 2. The first-order valence-corrected chi connectivity index (χ1v) is 7.09. The van der Waals surface area contributed by atoms with Gasteiger partial charge in [-0.15, -0.1) is 0 Å². The Hall–Kier alpha value is -2.18. The van der Waals surface area contributed by atoms with Crippen LogP contribution in [0, 0.1) is 11.6 Å². The molecule has 0 unspecified atom stereocenters. The van der Waals surface area contributed by atoms with E-state index in [1.54, 1.807) is 0 Å². The zero-order valence-electron chi connectivity index (χ0n) is 11.9. The molecule has 2 rings (SSSR count). The molecule has 0 spiro atoms. The average molecular weight is 313 g/mol. The molecule has 0 radical (unpaired) electrons. The predicted octanol–water partition coefficient (Wildman–Crippen LogP) is 2.20. The molecule has 1 heterocycles. The van der Waals surface area contributed by atoms with E-state index < -0.39 is 23.6 Å². The van der Waals surface area contributed by atoms with Gasteiger partial charge in [-0.25, -0.2) is 13.6 Å². The van der Waals surface area contributed by atoms with Gasteiger partial charge in [-0.1, -0.05) is 0 Å². The molecule has 1 aliphatic rings. The monoisotopic (exact) mass is 313 g/mol. The molecular weight excluding hydrogens is 296 g/mol. The smallest absolute Gasteiger partial charge is 0.326 e. The topological polar surface area (TPSA) is 66.8 Å². The fraction of sp³-hybridized carbons (Fsp3) is 0.467. The van der Waals surface area contributed by atoms with Crippen molar-refractivity contribution in [3.05, 3.63) is 29.8 Å². The van der Waals surface area contributed by atoms with E-state index in [2.05, 4.69) is 0 Å². The van der Waals surface area contributed by atoms with Crippen molar-refractivity contribution in [2.24, 2.45) is 0 Å². The highest BCUT2D eigenvalue weighted by Crippen LogP contribution is 2.20. The molecule has 1 fully saturated rings. The zero-order chi connectivity index (χ0) is 16.1. The molecule has 22 heavy (non-hydrogen) atoms. The standard InChI is InChI=1S/C15H17F2NO4/c16-10-5-6-13(11(17)9-10)22-8-2-4-14(19)18-7-1-3-12(18)15(20)21/h5-6,9,12H,1-4,7-8H2,(H,20,21)/t12-/m1/s1. The molecule has 0 bridgehead atoms. The minimum absolute atomic E-state index is 0.0709. The van der Waals surface area contributed by atoms with Crippen LogP contribution in [0.3, 0.4) is 0 Å². The largest absolute Gasteiger partial charge is 0.491 e. The normalized spacial score (nSPS) is 17.5. The number of aliphatic carboxylic acids is 1. The number of carbonyl (C=O) groups excluding carboxylic acids is 1. The fourth-order valence-electron chi connectivity index (χ4n) is 2.46. The summed E-state index contributed by atoms with van der Waals surface area (Å²) in [6.45, 7) is 0.545. The van der Waals surface area contributed by atoms with Gasteiger partial charge in [0.05, 0.1) is 6.61 Å². The second-order valence-electron chi connectivity index (χ2n) is 5.11.